The van der Waals surface area contributed by atoms with Gasteiger partial charge >= 0.3 is 5.97 Å². The number of nitrogens with two attached hydrogens (primary N) is 1. The van der Waals surface area contributed by atoms with E-state index in [0.717, 1.165) is 0 Å². The zero-order valence-electron chi connectivity index (χ0n) is 8.45. The fraction of sp³-hybridized carbons (Fsp3) is 0.300. The summed E-state index contributed by atoms with van der Waals surface area (Å²) in [7, 11) is 1.49. The highest BCUT2D eigenvalue weighted by Gasteiger charge is 2.30. The summed E-state index contributed by atoms with van der Waals surface area (Å²) in [5, 5.41) is 9.25. The van der Waals surface area contributed by atoms with Crippen molar-refractivity contribution in [1.29, 1.82) is 0 Å². The second kappa shape index (κ2) is 4.08. The van der Waals surface area contributed by atoms with Crippen molar-refractivity contribution in [2.24, 2.45) is 5.73 Å². The van der Waals surface area contributed by atoms with E-state index in [0.29, 0.717) is 16.3 Å². The number of carboxylic acids is 1. The minimum absolute atomic E-state index is 0.341. The van der Waals surface area contributed by atoms with Gasteiger partial charge in [0.25, 0.3) is 0 Å². The molecule has 0 radical (unpaired) electrons. The van der Waals surface area contributed by atoms with E-state index in [1.807, 2.05) is 0 Å². The average molecular weight is 230 g/mol. The summed E-state index contributed by atoms with van der Waals surface area (Å²) in [4.78, 5) is 10.9. The summed E-state index contributed by atoms with van der Waals surface area (Å²) in [5.74, 6) is -0.620. The van der Waals surface area contributed by atoms with Crippen LogP contribution < -0.4 is 10.5 Å². The molecule has 0 amide bonds. The van der Waals surface area contributed by atoms with Gasteiger partial charge in [-0.2, -0.15) is 0 Å². The maximum Gasteiger partial charge on any atom is 0.328 e. The third-order valence-electron chi connectivity index (χ3n) is 2.20. The molecule has 0 aliphatic rings. The van der Waals surface area contributed by atoms with Gasteiger partial charge in [0.2, 0.25) is 0 Å². The number of hydrogen-bond acceptors (Lipinski definition) is 3. The van der Waals surface area contributed by atoms with Crippen LogP contribution in [-0.4, -0.2) is 18.2 Å². The molecule has 0 saturated carbocycles. The summed E-state index contributed by atoms with van der Waals surface area (Å²) < 4.78 is 4.95. The van der Waals surface area contributed by atoms with Crippen LogP contribution in [0.3, 0.4) is 0 Å². The first-order valence-electron chi connectivity index (χ1n) is 4.26. The molecule has 15 heavy (non-hydrogen) atoms. The van der Waals surface area contributed by atoms with Gasteiger partial charge in [-0.15, -0.1) is 0 Å². The molecule has 82 valence electrons. The normalized spacial score (nSPS) is 14.4. The van der Waals surface area contributed by atoms with Crippen LogP contribution in [0.25, 0.3) is 0 Å². The lowest BCUT2D eigenvalue weighted by Gasteiger charge is -2.20. The molecule has 1 atom stereocenters. The lowest BCUT2D eigenvalue weighted by atomic mass is 9.93. The molecule has 0 aliphatic heterocycles. The van der Waals surface area contributed by atoms with Gasteiger partial charge in [-0.1, -0.05) is 17.7 Å². The van der Waals surface area contributed by atoms with Crippen LogP contribution in [-0.2, 0) is 10.3 Å². The third kappa shape index (κ3) is 2.22. The zero-order valence-corrected chi connectivity index (χ0v) is 9.21. The van der Waals surface area contributed by atoms with Gasteiger partial charge in [0.1, 0.15) is 11.3 Å². The second-order valence-electron chi connectivity index (χ2n) is 3.36. The number of hydrogen-bond donors (Lipinski definition) is 2. The molecule has 1 aromatic carbocycles. The van der Waals surface area contributed by atoms with Crippen molar-refractivity contribution in [1.82, 2.24) is 0 Å². The Morgan fingerprint density at radius 1 is 1.60 bits per heavy atom. The lowest BCUT2D eigenvalue weighted by molar-refractivity contribution is -0.143. The van der Waals surface area contributed by atoms with E-state index < -0.39 is 11.5 Å². The quantitative estimate of drug-likeness (QED) is 0.826. The summed E-state index contributed by atoms with van der Waals surface area (Å²) >= 11 is 5.87. The first-order chi connectivity index (χ1) is 6.89. The number of rotatable bonds is 3. The molecule has 1 rings (SSSR count). The van der Waals surface area contributed by atoms with Crippen LogP contribution in [0.2, 0.25) is 5.02 Å². The standard InChI is InChI=1S/C10H12ClNO3/c1-10(12,9(13)14)6-3-4-8(15-2)7(11)5-6/h3-5H,12H2,1-2H3,(H,13,14)/t10-/m1/s1. The minimum Gasteiger partial charge on any atom is -0.495 e. The summed E-state index contributed by atoms with van der Waals surface area (Å²) in [5.41, 5.74) is 4.63. The summed E-state index contributed by atoms with van der Waals surface area (Å²) in [6, 6.07) is 4.67. The van der Waals surface area contributed by atoms with E-state index in [-0.39, 0.29) is 0 Å². The Balaban J connectivity index is 3.18. The largest absolute Gasteiger partial charge is 0.495 e. The fourth-order valence-electron chi connectivity index (χ4n) is 1.11. The molecule has 0 aliphatic carbocycles. The highest BCUT2D eigenvalue weighted by molar-refractivity contribution is 6.32. The predicted octanol–water partition coefficient (Wildman–Crippen LogP) is 1.61. The van der Waals surface area contributed by atoms with Gasteiger partial charge in [0.05, 0.1) is 12.1 Å². The molecule has 5 heteroatoms. The van der Waals surface area contributed by atoms with Crippen LogP contribution in [0.4, 0.5) is 0 Å². The molecule has 0 fully saturated rings. The molecule has 0 aromatic heterocycles. The molecular formula is C10H12ClNO3. The third-order valence-corrected chi connectivity index (χ3v) is 2.49. The second-order valence-corrected chi connectivity index (χ2v) is 3.76. The maximum absolute atomic E-state index is 10.9. The van der Waals surface area contributed by atoms with Crippen molar-refractivity contribution in [2.45, 2.75) is 12.5 Å². The maximum atomic E-state index is 10.9. The van der Waals surface area contributed by atoms with E-state index in [9.17, 15) is 4.79 Å². The molecule has 3 N–H and O–H groups in total. The van der Waals surface area contributed by atoms with E-state index >= 15 is 0 Å². The molecule has 0 saturated heterocycles. The number of aliphatic carboxylic acids is 1. The number of methoxy groups -OCH3 is 1. The van der Waals surface area contributed by atoms with E-state index in [1.165, 1.54) is 20.1 Å². The van der Waals surface area contributed by atoms with E-state index in [1.54, 1.807) is 12.1 Å². The van der Waals surface area contributed by atoms with Gasteiger partial charge in [0.15, 0.2) is 0 Å². The Labute approximate surface area is 92.6 Å². The predicted molar refractivity (Wildman–Crippen MR) is 57.2 cm³/mol. The first-order valence-corrected chi connectivity index (χ1v) is 4.63. The smallest absolute Gasteiger partial charge is 0.328 e. The summed E-state index contributed by atoms with van der Waals surface area (Å²) in [6.45, 7) is 1.41. The van der Waals surface area contributed by atoms with Crippen molar-refractivity contribution in [2.75, 3.05) is 7.11 Å². The van der Waals surface area contributed by atoms with Crippen molar-refractivity contribution >= 4 is 17.6 Å². The minimum atomic E-state index is -1.45. The van der Waals surface area contributed by atoms with Crippen molar-refractivity contribution in [3.63, 3.8) is 0 Å². The van der Waals surface area contributed by atoms with Crippen LogP contribution in [0, 0.1) is 0 Å². The molecular weight excluding hydrogens is 218 g/mol. The first kappa shape index (κ1) is 11.8. The Morgan fingerprint density at radius 3 is 2.60 bits per heavy atom. The molecule has 0 heterocycles. The number of benzene rings is 1. The Bertz CT molecular complexity index is 390. The number of carboxylic acid groups (broad SMARTS) is 1. The topological polar surface area (TPSA) is 72.5 Å². The fourth-order valence-corrected chi connectivity index (χ4v) is 1.37. The van der Waals surface area contributed by atoms with Gasteiger partial charge < -0.3 is 15.6 Å². The van der Waals surface area contributed by atoms with E-state index in [4.69, 9.17) is 27.2 Å². The molecule has 4 nitrogen and oxygen atoms in total. The zero-order chi connectivity index (χ0) is 11.6. The molecule has 0 unspecified atom stereocenters. The molecule has 0 bridgehead atoms. The monoisotopic (exact) mass is 229 g/mol. The van der Waals surface area contributed by atoms with Crippen LogP contribution >= 0.6 is 11.6 Å². The van der Waals surface area contributed by atoms with Crippen LogP contribution in [0.5, 0.6) is 5.75 Å². The van der Waals surface area contributed by atoms with Gasteiger partial charge in [-0.3, -0.25) is 0 Å². The Morgan fingerprint density at radius 2 is 2.20 bits per heavy atom. The van der Waals surface area contributed by atoms with Crippen molar-refractivity contribution in [3.05, 3.63) is 28.8 Å². The van der Waals surface area contributed by atoms with Crippen LogP contribution in [0.1, 0.15) is 12.5 Å². The Hall–Kier alpha value is -1.26. The average Bonchev–Trinajstić information content (AvgIpc) is 2.17. The van der Waals surface area contributed by atoms with Gasteiger partial charge in [0, 0.05) is 0 Å². The number of ether oxygens (including phenoxy) is 1. The highest BCUT2D eigenvalue weighted by Crippen LogP contribution is 2.29. The number of carbonyl (C=O) groups is 1. The SMILES string of the molecule is COc1ccc([C@@](C)(N)C(=O)O)cc1Cl. The van der Waals surface area contributed by atoms with Crippen molar-refractivity contribution < 1.29 is 14.6 Å². The lowest BCUT2D eigenvalue weighted by Crippen LogP contribution is -2.41. The van der Waals surface area contributed by atoms with Gasteiger partial charge in [-0.25, -0.2) is 4.79 Å². The molecule has 1 aromatic rings. The highest BCUT2D eigenvalue weighted by atomic mass is 35.5. The Kier molecular flexibility index (Phi) is 3.21. The van der Waals surface area contributed by atoms with Gasteiger partial charge in [-0.05, 0) is 24.6 Å². The van der Waals surface area contributed by atoms with E-state index in [2.05, 4.69) is 0 Å². The number of halogens is 1. The molecule has 0 spiro atoms. The van der Waals surface area contributed by atoms with Crippen molar-refractivity contribution in [3.8, 4) is 5.75 Å². The summed E-state index contributed by atoms with van der Waals surface area (Å²) in [6.07, 6.45) is 0. The van der Waals surface area contributed by atoms with Crippen LogP contribution in [0.15, 0.2) is 18.2 Å².